The Balaban J connectivity index is 2.55. The monoisotopic (exact) mass is 229 g/mol. The Morgan fingerprint density at radius 1 is 0.824 bits per heavy atom. The predicted octanol–water partition coefficient (Wildman–Crippen LogP) is 4.49. The van der Waals surface area contributed by atoms with E-state index in [2.05, 4.69) is 0 Å². The molecule has 3 heteroatoms. The molecule has 0 fully saturated rings. The van der Waals surface area contributed by atoms with Crippen LogP contribution < -0.4 is 0 Å². The normalized spacial score (nSPS) is 10.9. The van der Waals surface area contributed by atoms with Crippen LogP contribution in [0.25, 0.3) is 28.0 Å². The van der Waals surface area contributed by atoms with Gasteiger partial charge in [-0.15, -0.1) is 0 Å². The number of rotatable bonds is 1. The Kier molecular flexibility index (Phi) is 2.18. The Morgan fingerprint density at radius 3 is 1.76 bits per heavy atom. The second-order valence-corrected chi connectivity index (χ2v) is 3.82. The molecule has 0 aliphatic carbocycles. The van der Waals surface area contributed by atoms with Crippen LogP contribution in [0.1, 0.15) is 0 Å². The number of benzene rings is 2. The summed E-state index contributed by atoms with van der Waals surface area (Å²) in [5.74, 6) is 0. The average molecular weight is 229 g/mol. The molecule has 0 atom stereocenters. The van der Waals surface area contributed by atoms with Crippen LogP contribution in [0.5, 0.6) is 0 Å². The number of hydrogen-bond acceptors (Lipinski definition) is 0. The Morgan fingerprint density at radius 2 is 1.29 bits per heavy atom. The molecule has 0 unspecified atom stereocenters. The first kappa shape index (κ1) is 10.0. The molecule has 84 valence electrons. The molecule has 0 radical (unpaired) electrons. The van der Waals surface area contributed by atoms with Crippen molar-refractivity contribution in [2.24, 2.45) is 0 Å². The van der Waals surface area contributed by atoms with E-state index in [4.69, 9.17) is 0 Å². The summed E-state index contributed by atoms with van der Waals surface area (Å²) in [6.07, 6.45) is -0.832. The van der Waals surface area contributed by atoms with Gasteiger partial charge in [-0.1, -0.05) is 36.4 Å². The molecule has 17 heavy (non-hydrogen) atoms. The Bertz CT molecular complexity index is 668. The molecule has 3 aromatic rings. The highest BCUT2D eigenvalue weighted by molar-refractivity contribution is 6.09. The molecule has 0 aliphatic rings. The van der Waals surface area contributed by atoms with Gasteiger partial charge >= 0.3 is 0 Å². The van der Waals surface area contributed by atoms with Crippen LogP contribution in [0.2, 0.25) is 0 Å². The molecule has 3 rings (SSSR count). The summed E-state index contributed by atoms with van der Waals surface area (Å²) in [4.78, 5) is 0. The third-order valence-corrected chi connectivity index (χ3v) is 2.84. The van der Waals surface area contributed by atoms with E-state index < -0.39 is 6.08 Å². The van der Waals surface area contributed by atoms with E-state index in [9.17, 15) is 8.78 Å². The van der Waals surface area contributed by atoms with Crippen LogP contribution in [0.4, 0.5) is 8.78 Å². The highest BCUT2D eigenvalue weighted by atomic mass is 19.3. The van der Waals surface area contributed by atoms with Crippen molar-refractivity contribution in [1.82, 2.24) is 4.57 Å². The molecule has 0 saturated heterocycles. The highest BCUT2D eigenvalue weighted by Gasteiger charge is 2.08. The molecule has 1 nitrogen and oxygen atoms in total. The van der Waals surface area contributed by atoms with Gasteiger partial charge in [0.05, 0.1) is 17.2 Å². The lowest BCUT2D eigenvalue weighted by atomic mass is 10.2. The second-order valence-electron chi connectivity index (χ2n) is 3.82. The van der Waals surface area contributed by atoms with Crippen LogP contribution in [-0.4, -0.2) is 4.57 Å². The maximum atomic E-state index is 12.5. The van der Waals surface area contributed by atoms with E-state index in [1.807, 2.05) is 48.5 Å². The third kappa shape index (κ3) is 1.51. The molecule has 0 bridgehead atoms. The predicted molar refractivity (Wildman–Crippen MR) is 65.9 cm³/mol. The minimum atomic E-state index is -1.70. The smallest absolute Gasteiger partial charge is 0.286 e. The number of para-hydroxylation sites is 2. The number of halogens is 2. The van der Waals surface area contributed by atoms with Gasteiger partial charge in [0.1, 0.15) is 0 Å². The van der Waals surface area contributed by atoms with Crippen molar-refractivity contribution in [2.75, 3.05) is 0 Å². The third-order valence-electron chi connectivity index (χ3n) is 2.84. The van der Waals surface area contributed by atoms with E-state index in [0.29, 0.717) is 0 Å². The van der Waals surface area contributed by atoms with Gasteiger partial charge in [-0.3, -0.25) is 0 Å². The maximum absolute atomic E-state index is 12.5. The van der Waals surface area contributed by atoms with Crippen LogP contribution in [-0.2, 0) is 0 Å². The summed E-state index contributed by atoms with van der Waals surface area (Å²) in [6, 6.07) is 15.1. The molecule has 0 spiro atoms. The molecule has 1 heterocycles. The van der Waals surface area contributed by atoms with Crippen molar-refractivity contribution in [3.8, 4) is 0 Å². The SMILES string of the molecule is FC(F)=Cn1c2ccccc2c2ccccc21. The van der Waals surface area contributed by atoms with E-state index in [-0.39, 0.29) is 0 Å². The summed E-state index contributed by atoms with van der Waals surface area (Å²) in [7, 11) is 0. The topological polar surface area (TPSA) is 4.93 Å². The number of fused-ring (bicyclic) bond motifs is 3. The van der Waals surface area contributed by atoms with Gasteiger partial charge in [0.2, 0.25) is 0 Å². The fourth-order valence-electron chi connectivity index (χ4n) is 2.19. The first-order chi connectivity index (χ1) is 8.27. The molecular formula is C14H9F2N. The van der Waals surface area contributed by atoms with Crippen LogP contribution in [0.3, 0.4) is 0 Å². The molecule has 0 aliphatic heterocycles. The van der Waals surface area contributed by atoms with Gasteiger partial charge in [-0.05, 0) is 12.1 Å². The summed E-state index contributed by atoms with van der Waals surface area (Å²) in [5.41, 5.74) is 1.59. The zero-order valence-corrected chi connectivity index (χ0v) is 8.90. The van der Waals surface area contributed by atoms with Crippen molar-refractivity contribution in [3.05, 3.63) is 54.6 Å². The molecule has 0 N–H and O–H groups in total. The van der Waals surface area contributed by atoms with E-state index in [1.165, 1.54) is 4.57 Å². The van der Waals surface area contributed by atoms with E-state index in [0.717, 1.165) is 28.0 Å². The minimum Gasteiger partial charge on any atom is -0.311 e. The minimum absolute atomic E-state index is 0.793. The van der Waals surface area contributed by atoms with Gasteiger partial charge in [0.25, 0.3) is 6.08 Å². The first-order valence-electron chi connectivity index (χ1n) is 5.28. The quantitative estimate of drug-likeness (QED) is 0.579. The zero-order valence-electron chi connectivity index (χ0n) is 8.90. The Hall–Kier alpha value is -2.16. The van der Waals surface area contributed by atoms with Gasteiger partial charge in [-0.25, -0.2) is 0 Å². The van der Waals surface area contributed by atoms with Gasteiger partial charge in [-0.2, -0.15) is 8.78 Å². The molecule has 0 saturated carbocycles. The van der Waals surface area contributed by atoms with Gasteiger partial charge in [0, 0.05) is 10.8 Å². The van der Waals surface area contributed by atoms with E-state index in [1.54, 1.807) is 0 Å². The van der Waals surface area contributed by atoms with E-state index >= 15 is 0 Å². The van der Waals surface area contributed by atoms with Crippen molar-refractivity contribution in [1.29, 1.82) is 0 Å². The standard InChI is InChI=1S/C14H9F2N/c15-14(16)9-17-12-7-3-1-5-10(12)11-6-2-4-8-13(11)17/h1-9H. The van der Waals surface area contributed by atoms with Crippen LogP contribution in [0.15, 0.2) is 54.6 Å². The van der Waals surface area contributed by atoms with Crippen molar-refractivity contribution < 1.29 is 8.78 Å². The highest BCUT2D eigenvalue weighted by Crippen LogP contribution is 2.29. The maximum Gasteiger partial charge on any atom is 0.286 e. The summed E-state index contributed by atoms with van der Waals surface area (Å²) < 4.78 is 26.5. The summed E-state index contributed by atoms with van der Waals surface area (Å²) in [6.45, 7) is 0. The largest absolute Gasteiger partial charge is 0.311 e. The summed E-state index contributed by atoms with van der Waals surface area (Å²) in [5, 5.41) is 1.97. The molecule has 2 aromatic carbocycles. The number of hydrogen-bond donors (Lipinski definition) is 0. The van der Waals surface area contributed by atoms with Gasteiger partial charge in [0.15, 0.2) is 0 Å². The fraction of sp³-hybridized carbons (Fsp3) is 0. The lowest BCUT2D eigenvalue weighted by Crippen LogP contribution is -1.85. The lowest BCUT2D eigenvalue weighted by Gasteiger charge is -1.98. The van der Waals surface area contributed by atoms with Crippen molar-refractivity contribution in [2.45, 2.75) is 0 Å². The summed E-state index contributed by atoms with van der Waals surface area (Å²) >= 11 is 0. The Labute approximate surface area is 96.6 Å². The van der Waals surface area contributed by atoms with Crippen LogP contribution >= 0.6 is 0 Å². The first-order valence-corrected chi connectivity index (χ1v) is 5.28. The molecule has 1 aromatic heterocycles. The fourth-order valence-corrected chi connectivity index (χ4v) is 2.19. The van der Waals surface area contributed by atoms with Crippen molar-refractivity contribution in [3.63, 3.8) is 0 Å². The van der Waals surface area contributed by atoms with Crippen molar-refractivity contribution >= 4 is 28.0 Å². The zero-order chi connectivity index (χ0) is 11.8. The second kappa shape index (κ2) is 3.70. The van der Waals surface area contributed by atoms with Crippen LogP contribution in [0, 0.1) is 0 Å². The number of nitrogens with zero attached hydrogens (tertiary/aromatic N) is 1. The molecular weight excluding hydrogens is 220 g/mol. The average Bonchev–Trinajstić information content (AvgIpc) is 2.65. The number of aromatic nitrogens is 1. The molecule has 0 amide bonds. The van der Waals surface area contributed by atoms with Gasteiger partial charge < -0.3 is 4.57 Å². The lowest BCUT2D eigenvalue weighted by molar-refractivity contribution is 0.426.